The fraction of sp³-hybridized carbons (Fsp3) is 0.562. The number of hydrogen-bond donors (Lipinski definition) is 3. The lowest BCUT2D eigenvalue weighted by Gasteiger charge is -2.23. The number of rotatable bonds is 9. The number of nitrogens with one attached hydrogen (secondary N) is 3. The molecule has 1 fully saturated rings. The molecule has 1 aliphatic rings. The highest BCUT2D eigenvalue weighted by Crippen LogP contribution is 2.10. The molecular weight excluding hydrogens is 382 g/mol. The predicted molar refractivity (Wildman–Crippen MR) is 99.8 cm³/mol. The standard InChI is InChI=1S/C16H25N3O5S.ClH/c1-23-8-7-19-25(21,22)15-4-2-13(3-5-15)11-18-16(20)10-14-12-24-9-6-17-14;/h2-5,14,17,19H,6-12H2,1H3,(H,18,20);1H. The molecule has 0 spiro atoms. The maximum absolute atomic E-state index is 12.1. The van der Waals surface area contributed by atoms with E-state index in [0.29, 0.717) is 32.8 Å². The largest absolute Gasteiger partial charge is 0.383 e. The van der Waals surface area contributed by atoms with Gasteiger partial charge in [0.25, 0.3) is 0 Å². The first-order valence-electron chi connectivity index (χ1n) is 8.16. The van der Waals surface area contributed by atoms with Gasteiger partial charge < -0.3 is 20.1 Å². The Kier molecular flexibility index (Phi) is 10.1. The van der Waals surface area contributed by atoms with Gasteiger partial charge in [0.2, 0.25) is 15.9 Å². The summed E-state index contributed by atoms with van der Waals surface area (Å²) in [5.41, 5.74) is 0.831. The fourth-order valence-electron chi connectivity index (χ4n) is 2.40. The average Bonchev–Trinajstić information content (AvgIpc) is 2.61. The maximum atomic E-state index is 12.1. The van der Waals surface area contributed by atoms with Gasteiger partial charge in [0.1, 0.15) is 0 Å². The Morgan fingerprint density at radius 2 is 2.08 bits per heavy atom. The Labute approximate surface area is 160 Å². The number of sulfonamides is 1. The summed E-state index contributed by atoms with van der Waals surface area (Å²) >= 11 is 0. The van der Waals surface area contributed by atoms with Crippen molar-refractivity contribution < 1.29 is 22.7 Å². The third-order valence-corrected chi connectivity index (χ3v) is 5.23. The van der Waals surface area contributed by atoms with Crippen LogP contribution in [0.3, 0.4) is 0 Å². The van der Waals surface area contributed by atoms with E-state index in [1.54, 1.807) is 12.1 Å². The molecule has 1 atom stereocenters. The van der Waals surface area contributed by atoms with Crippen LogP contribution in [0.5, 0.6) is 0 Å². The normalized spacial score (nSPS) is 17.3. The molecule has 1 heterocycles. The molecule has 0 radical (unpaired) electrons. The second-order valence-corrected chi connectivity index (χ2v) is 7.51. The summed E-state index contributed by atoms with van der Waals surface area (Å²) in [6.45, 7) is 2.85. The summed E-state index contributed by atoms with van der Waals surface area (Å²) in [6.07, 6.45) is 0.357. The van der Waals surface area contributed by atoms with Crippen molar-refractivity contribution in [2.75, 3.05) is 40.0 Å². The molecule has 148 valence electrons. The lowest BCUT2D eigenvalue weighted by molar-refractivity contribution is -0.122. The lowest BCUT2D eigenvalue weighted by Crippen LogP contribution is -2.44. The van der Waals surface area contributed by atoms with Crippen LogP contribution in [0.4, 0.5) is 0 Å². The smallest absolute Gasteiger partial charge is 0.240 e. The van der Waals surface area contributed by atoms with E-state index in [2.05, 4.69) is 15.4 Å². The van der Waals surface area contributed by atoms with Crippen LogP contribution >= 0.6 is 12.4 Å². The summed E-state index contributed by atoms with van der Waals surface area (Å²) in [7, 11) is -2.03. The molecule has 2 rings (SSSR count). The van der Waals surface area contributed by atoms with Gasteiger partial charge in [-0.05, 0) is 17.7 Å². The topological polar surface area (TPSA) is 106 Å². The zero-order valence-corrected chi connectivity index (χ0v) is 16.3. The molecule has 8 nitrogen and oxygen atoms in total. The van der Waals surface area contributed by atoms with Gasteiger partial charge in [-0.1, -0.05) is 12.1 Å². The third-order valence-electron chi connectivity index (χ3n) is 3.75. The number of morpholine rings is 1. The Morgan fingerprint density at radius 1 is 1.35 bits per heavy atom. The van der Waals surface area contributed by atoms with E-state index in [0.717, 1.165) is 12.1 Å². The van der Waals surface area contributed by atoms with Crippen molar-refractivity contribution in [3.05, 3.63) is 29.8 Å². The van der Waals surface area contributed by atoms with Gasteiger partial charge in [-0.25, -0.2) is 13.1 Å². The highest BCUT2D eigenvalue weighted by molar-refractivity contribution is 7.89. The summed E-state index contributed by atoms with van der Waals surface area (Å²) in [6, 6.07) is 6.46. The van der Waals surface area contributed by atoms with Crippen LogP contribution in [-0.2, 0) is 30.8 Å². The first-order chi connectivity index (χ1) is 12.0. The Bertz CT molecular complexity index is 648. The minimum Gasteiger partial charge on any atom is -0.383 e. The molecule has 1 saturated heterocycles. The van der Waals surface area contributed by atoms with Crippen molar-refractivity contribution in [1.82, 2.24) is 15.4 Å². The number of halogens is 1. The van der Waals surface area contributed by atoms with Gasteiger partial charge in [-0.15, -0.1) is 12.4 Å². The predicted octanol–water partition coefficient (Wildman–Crippen LogP) is 0.0278. The molecule has 1 aromatic carbocycles. The zero-order valence-electron chi connectivity index (χ0n) is 14.7. The third kappa shape index (κ3) is 7.56. The number of carbonyl (C=O) groups excluding carboxylic acids is 1. The molecule has 10 heteroatoms. The van der Waals surface area contributed by atoms with Gasteiger partial charge in [-0.2, -0.15) is 0 Å². The van der Waals surface area contributed by atoms with E-state index in [1.165, 1.54) is 19.2 Å². The van der Waals surface area contributed by atoms with Crippen molar-refractivity contribution in [3.8, 4) is 0 Å². The van der Waals surface area contributed by atoms with Crippen LogP contribution in [0.15, 0.2) is 29.2 Å². The minimum absolute atomic E-state index is 0. The lowest BCUT2D eigenvalue weighted by atomic mass is 10.2. The van der Waals surface area contributed by atoms with E-state index in [9.17, 15) is 13.2 Å². The molecule has 0 bridgehead atoms. The van der Waals surface area contributed by atoms with Crippen LogP contribution in [0, 0.1) is 0 Å². The molecule has 1 amide bonds. The van der Waals surface area contributed by atoms with Gasteiger partial charge in [0, 0.05) is 39.2 Å². The first kappa shape index (κ1) is 22.8. The van der Waals surface area contributed by atoms with E-state index in [1.807, 2.05) is 0 Å². The Morgan fingerprint density at radius 3 is 2.69 bits per heavy atom. The first-order valence-corrected chi connectivity index (χ1v) is 9.65. The van der Waals surface area contributed by atoms with Gasteiger partial charge in [0.05, 0.1) is 24.7 Å². The summed E-state index contributed by atoms with van der Waals surface area (Å²) < 4.78 is 36.7. The number of hydrogen-bond acceptors (Lipinski definition) is 6. The van der Waals surface area contributed by atoms with Crippen LogP contribution in [-0.4, -0.2) is 60.4 Å². The number of amides is 1. The van der Waals surface area contributed by atoms with E-state index in [-0.39, 0.29) is 35.8 Å². The zero-order chi connectivity index (χ0) is 18.1. The van der Waals surface area contributed by atoms with E-state index in [4.69, 9.17) is 9.47 Å². The molecule has 0 saturated carbocycles. The van der Waals surface area contributed by atoms with Crippen LogP contribution in [0.25, 0.3) is 0 Å². The molecule has 1 aromatic rings. The summed E-state index contributed by atoms with van der Waals surface area (Å²) in [5.74, 6) is -0.0686. The van der Waals surface area contributed by atoms with Gasteiger partial charge in [-0.3, -0.25) is 4.79 Å². The molecule has 3 N–H and O–H groups in total. The minimum atomic E-state index is -3.54. The molecule has 0 aliphatic carbocycles. The second-order valence-electron chi connectivity index (χ2n) is 5.74. The molecule has 0 aromatic heterocycles. The van der Waals surface area contributed by atoms with Crippen molar-refractivity contribution in [1.29, 1.82) is 0 Å². The van der Waals surface area contributed by atoms with Crippen molar-refractivity contribution in [2.24, 2.45) is 0 Å². The number of methoxy groups -OCH3 is 1. The number of ether oxygens (including phenoxy) is 2. The molecule has 1 aliphatic heterocycles. The Balaban J connectivity index is 0.00000338. The van der Waals surface area contributed by atoms with Gasteiger partial charge in [0.15, 0.2) is 0 Å². The van der Waals surface area contributed by atoms with Crippen molar-refractivity contribution in [2.45, 2.75) is 23.9 Å². The van der Waals surface area contributed by atoms with Crippen molar-refractivity contribution >= 4 is 28.3 Å². The van der Waals surface area contributed by atoms with E-state index < -0.39 is 10.0 Å². The van der Waals surface area contributed by atoms with Crippen LogP contribution < -0.4 is 15.4 Å². The summed E-state index contributed by atoms with van der Waals surface area (Å²) in [4.78, 5) is 12.1. The van der Waals surface area contributed by atoms with Crippen LogP contribution in [0.1, 0.15) is 12.0 Å². The van der Waals surface area contributed by atoms with Gasteiger partial charge >= 0.3 is 0 Å². The summed E-state index contributed by atoms with van der Waals surface area (Å²) in [5, 5.41) is 6.06. The molecule has 1 unspecified atom stereocenters. The van der Waals surface area contributed by atoms with E-state index >= 15 is 0 Å². The SMILES string of the molecule is COCCNS(=O)(=O)c1ccc(CNC(=O)CC2COCCN2)cc1.Cl. The number of benzene rings is 1. The quantitative estimate of drug-likeness (QED) is 0.499. The monoisotopic (exact) mass is 407 g/mol. The number of carbonyl (C=O) groups is 1. The Hall–Kier alpha value is -1.23. The molecule has 26 heavy (non-hydrogen) atoms. The maximum Gasteiger partial charge on any atom is 0.240 e. The van der Waals surface area contributed by atoms with Crippen molar-refractivity contribution in [3.63, 3.8) is 0 Å². The second kappa shape index (κ2) is 11.5. The fourth-order valence-corrected chi connectivity index (χ4v) is 3.41. The highest BCUT2D eigenvalue weighted by Gasteiger charge is 2.17. The van der Waals surface area contributed by atoms with Crippen LogP contribution in [0.2, 0.25) is 0 Å². The highest BCUT2D eigenvalue weighted by atomic mass is 35.5. The average molecular weight is 408 g/mol. The molecular formula is C16H26ClN3O5S.